The Morgan fingerprint density at radius 1 is 1.03 bits per heavy atom. The number of nitrogens with zero attached hydrogens (tertiary/aromatic N) is 1. The van der Waals surface area contributed by atoms with Gasteiger partial charge in [0.1, 0.15) is 6.61 Å². The summed E-state index contributed by atoms with van der Waals surface area (Å²) in [7, 11) is 0. The van der Waals surface area contributed by atoms with Crippen LogP contribution in [0.3, 0.4) is 0 Å². The molecule has 4 rings (SSSR count). The van der Waals surface area contributed by atoms with Gasteiger partial charge in [0.25, 0.3) is 11.1 Å². The third-order valence-corrected chi connectivity index (χ3v) is 7.54. The molecule has 3 aromatic carbocycles. The number of benzene rings is 3. The average Bonchev–Trinajstić information content (AvgIpc) is 3.08. The van der Waals surface area contributed by atoms with Gasteiger partial charge in [0.15, 0.2) is 11.5 Å². The molecule has 0 atom stereocenters. The van der Waals surface area contributed by atoms with Crippen LogP contribution in [0.15, 0.2) is 70.0 Å². The zero-order valence-electron chi connectivity index (χ0n) is 18.6. The van der Waals surface area contributed by atoms with Crippen molar-refractivity contribution in [1.29, 1.82) is 0 Å². The number of hydrogen-bond acceptors (Lipinski definition) is 5. The van der Waals surface area contributed by atoms with Gasteiger partial charge in [-0.2, -0.15) is 0 Å². The molecule has 0 saturated carbocycles. The fourth-order valence-electron chi connectivity index (χ4n) is 3.37. The maximum Gasteiger partial charge on any atom is 0.293 e. The molecule has 35 heavy (non-hydrogen) atoms. The number of halogens is 3. The minimum atomic E-state index is -0.307. The Bertz CT molecular complexity index is 1280. The zero-order chi connectivity index (χ0) is 24.9. The lowest BCUT2D eigenvalue weighted by molar-refractivity contribution is -0.123. The van der Waals surface area contributed by atoms with E-state index in [-0.39, 0.29) is 17.7 Å². The molecule has 1 aliphatic heterocycles. The van der Waals surface area contributed by atoms with E-state index < -0.39 is 0 Å². The maximum atomic E-state index is 13.0. The third kappa shape index (κ3) is 6.61. The first-order valence-electron chi connectivity index (χ1n) is 10.7. The SMILES string of the molecule is CCOc1cc(/C=C2\SC(=O)N(Cc3ccc(Br)cc3)C2=O)cc(I)c1OCc1ccc(Cl)cc1. The molecule has 3 aromatic rings. The van der Waals surface area contributed by atoms with Gasteiger partial charge < -0.3 is 9.47 Å². The van der Waals surface area contributed by atoms with Gasteiger partial charge in [-0.1, -0.05) is 51.8 Å². The highest BCUT2D eigenvalue weighted by Crippen LogP contribution is 2.38. The molecule has 5 nitrogen and oxygen atoms in total. The molecular formula is C26H20BrClINO4S. The lowest BCUT2D eigenvalue weighted by Gasteiger charge is -2.15. The molecule has 1 aliphatic rings. The minimum Gasteiger partial charge on any atom is -0.490 e. The number of ether oxygens (including phenoxy) is 2. The average molecular weight is 685 g/mol. The summed E-state index contributed by atoms with van der Waals surface area (Å²) < 4.78 is 13.7. The molecule has 0 unspecified atom stereocenters. The molecular weight excluding hydrogens is 665 g/mol. The van der Waals surface area contributed by atoms with Crippen LogP contribution in [0.5, 0.6) is 11.5 Å². The van der Waals surface area contributed by atoms with E-state index in [2.05, 4.69) is 38.5 Å². The van der Waals surface area contributed by atoms with Crippen molar-refractivity contribution in [1.82, 2.24) is 4.90 Å². The molecule has 0 spiro atoms. The van der Waals surface area contributed by atoms with Gasteiger partial charge in [0.2, 0.25) is 0 Å². The number of hydrogen-bond donors (Lipinski definition) is 0. The molecule has 2 amide bonds. The van der Waals surface area contributed by atoms with E-state index in [9.17, 15) is 9.59 Å². The molecule has 180 valence electrons. The summed E-state index contributed by atoms with van der Waals surface area (Å²) in [6, 6.07) is 18.7. The Morgan fingerprint density at radius 3 is 2.40 bits per heavy atom. The van der Waals surface area contributed by atoms with Crippen LogP contribution < -0.4 is 9.47 Å². The van der Waals surface area contributed by atoms with Gasteiger partial charge in [-0.3, -0.25) is 14.5 Å². The standard InChI is InChI=1S/C26H20BrClINO4S/c1-2-33-22-12-18(11-21(29)24(22)34-15-17-5-9-20(28)10-6-17)13-23-25(31)30(26(32)35-23)14-16-3-7-19(27)8-4-16/h3-13H,2,14-15H2,1H3/b23-13-. The summed E-state index contributed by atoms with van der Waals surface area (Å²) in [6.45, 7) is 2.95. The number of carbonyl (C=O) groups excluding carboxylic acids is 2. The normalized spacial score (nSPS) is 14.6. The Labute approximate surface area is 235 Å². The van der Waals surface area contributed by atoms with Crippen molar-refractivity contribution in [3.8, 4) is 11.5 Å². The predicted octanol–water partition coefficient (Wildman–Crippen LogP) is 7.92. The Hall–Kier alpha value is -2.01. The second-order valence-corrected chi connectivity index (χ2v) is 11.1. The summed E-state index contributed by atoms with van der Waals surface area (Å²) in [5.41, 5.74) is 2.62. The van der Waals surface area contributed by atoms with Crippen molar-refractivity contribution in [2.24, 2.45) is 0 Å². The number of imide groups is 1. The summed E-state index contributed by atoms with van der Waals surface area (Å²) in [6.07, 6.45) is 1.72. The predicted molar refractivity (Wildman–Crippen MR) is 152 cm³/mol. The number of thioether (sulfide) groups is 1. The van der Waals surface area contributed by atoms with Gasteiger partial charge in [-0.25, -0.2) is 0 Å². The van der Waals surface area contributed by atoms with Crippen molar-refractivity contribution in [3.63, 3.8) is 0 Å². The highest BCUT2D eigenvalue weighted by atomic mass is 127. The van der Waals surface area contributed by atoms with E-state index >= 15 is 0 Å². The number of carbonyl (C=O) groups is 2. The van der Waals surface area contributed by atoms with E-state index in [1.807, 2.05) is 67.6 Å². The van der Waals surface area contributed by atoms with Crippen LogP contribution in [0.4, 0.5) is 4.79 Å². The number of amides is 2. The lowest BCUT2D eigenvalue weighted by atomic mass is 10.1. The summed E-state index contributed by atoms with van der Waals surface area (Å²) in [4.78, 5) is 27.2. The monoisotopic (exact) mass is 683 g/mol. The molecule has 1 fully saturated rings. The molecule has 0 aliphatic carbocycles. The fourth-order valence-corrected chi connectivity index (χ4v) is 5.38. The van der Waals surface area contributed by atoms with Crippen molar-refractivity contribution in [3.05, 3.63) is 95.3 Å². The summed E-state index contributed by atoms with van der Waals surface area (Å²) >= 11 is 12.5. The van der Waals surface area contributed by atoms with E-state index in [0.29, 0.717) is 34.6 Å². The van der Waals surface area contributed by atoms with E-state index in [1.54, 1.807) is 6.08 Å². The van der Waals surface area contributed by atoms with Crippen LogP contribution in [-0.4, -0.2) is 22.7 Å². The largest absolute Gasteiger partial charge is 0.490 e. The molecule has 0 bridgehead atoms. The molecule has 9 heteroatoms. The Balaban J connectivity index is 1.54. The fraction of sp³-hybridized carbons (Fsp3) is 0.154. The highest BCUT2D eigenvalue weighted by molar-refractivity contribution is 14.1. The minimum absolute atomic E-state index is 0.231. The van der Waals surface area contributed by atoms with Crippen LogP contribution in [0, 0.1) is 3.57 Å². The van der Waals surface area contributed by atoms with Crippen molar-refractivity contribution in [2.45, 2.75) is 20.1 Å². The van der Waals surface area contributed by atoms with E-state index in [1.165, 1.54) is 4.90 Å². The van der Waals surface area contributed by atoms with Crippen LogP contribution in [0.25, 0.3) is 6.08 Å². The first kappa shape index (κ1) is 26.1. The van der Waals surface area contributed by atoms with Gasteiger partial charge in [-0.15, -0.1) is 0 Å². The number of rotatable bonds is 8. The third-order valence-electron chi connectivity index (χ3n) is 5.05. The summed E-state index contributed by atoms with van der Waals surface area (Å²) in [5.74, 6) is 0.899. The second kappa shape index (κ2) is 11.8. The first-order valence-corrected chi connectivity index (χ1v) is 13.7. The molecule has 1 heterocycles. The van der Waals surface area contributed by atoms with Crippen molar-refractivity contribution in [2.75, 3.05) is 6.61 Å². The lowest BCUT2D eigenvalue weighted by Crippen LogP contribution is -2.27. The van der Waals surface area contributed by atoms with Gasteiger partial charge >= 0.3 is 0 Å². The van der Waals surface area contributed by atoms with Crippen LogP contribution >= 0.6 is 61.9 Å². The van der Waals surface area contributed by atoms with Gasteiger partial charge in [0.05, 0.1) is 21.6 Å². The Morgan fingerprint density at radius 2 is 1.71 bits per heavy atom. The Kier molecular flexibility index (Phi) is 8.80. The molecule has 0 radical (unpaired) electrons. The molecule has 0 N–H and O–H groups in total. The summed E-state index contributed by atoms with van der Waals surface area (Å²) in [5, 5.41) is 0.385. The molecule has 0 aromatic heterocycles. The smallest absolute Gasteiger partial charge is 0.293 e. The van der Waals surface area contributed by atoms with Crippen LogP contribution in [0.2, 0.25) is 5.02 Å². The first-order chi connectivity index (χ1) is 16.8. The highest BCUT2D eigenvalue weighted by Gasteiger charge is 2.35. The quantitative estimate of drug-likeness (QED) is 0.178. The van der Waals surface area contributed by atoms with Crippen molar-refractivity contribution >= 4 is 79.1 Å². The maximum absolute atomic E-state index is 13.0. The second-order valence-electron chi connectivity index (χ2n) is 7.57. The molecule has 1 saturated heterocycles. The van der Waals surface area contributed by atoms with Gasteiger partial charge in [-0.05, 0) is 100 Å². The van der Waals surface area contributed by atoms with E-state index in [4.69, 9.17) is 21.1 Å². The van der Waals surface area contributed by atoms with E-state index in [0.717, 1.165) is 36.5 Å². The van der Waals surface area contributed by atoms with Crippen LogP contribution in [-0.2, 0) is 17.9 Å². The van der Waals surface area contributed by atoms with Crippen LogP contribution in [0.1, 0.15) is 23.6 Å². The van der Waals surface area contributed by atoms with Crippen molar-refractivity contribution < 1.29 is 19.1 Å². The zero-order valence-corrected chi connectivity index (χ0v) is 23.9. The topological polar surface area (TPSA) is 55.8 Å². The van der Waals surface area contributed by atoms with Gasteiger partial charge in [0, 0.05) is 9.50 Å².